The fourth-order valence-electron chi connectivity index (χ4n) is 1.74. The van der Waals surface area contributed by atoms with E-state index < -0.39 is 0 Å². The van der Waals surface area contributed by atoms with Crippen molar-refractivity contribution in [2.24, 2.45) is 0 Å². The smallest absolute Gasteiger partial charge is 0.234 e. The maximum Gasteiger partial charge on any atom is 0.234 e. The van der Waals surface area contributed by atoms with Crippen LogP contribution in [0.15, 0.2) is 11.4 Å². The minimum Gasteiger partial charge on any atom is -0.384 e. The molecule has 0 aromatic carbocycles. The molecule has 1 rings (SSSR count). The Bertz CT molecular complexity index is 486. The van der Waals surface area contributed by atoms with Gasteiger partial charge in [0.1, 0.15) is 6.61 Å². The number of likely N-dealkylation sites (N-methyl/N-ethyl adjacent to an activating group) is 1. The molecule has 0 radical (unpaired) electrons. The van der Waals surface area contributed by atoms with E-state index in [-0.39, 0.29) is 18.6 Å². The maximum absolute atomic E-state index is 11.8. The molecule has 0 aliphatic carbocycles. The molecule has 0 unspecified atom stereocenters. The van der Waals surface area contributed by atoms with E-state index in [1.54, 1.807) is 11.3 Å². The number of carbonyl (C=O) groups excluding carboxylic acids is 1. The van der Waals surface area contributed by atoms with E-state index in [1.165, 1.54) is 4.88 Å². The van der Waals surface area contributed by atoms with Gasteiger partial charge in [0.15, 0.2) is 0 Å². The lowest BCUT2D eigenvalue weighted by Gasteiger charge is -2.19. The van der Waals surface area contributed by atoms with Crippen LogP contribution in [-0.2, 0) is 11.3 Å². The Hall–Kier alpha value is -1.35. The number of amides is 1. The molecule has 1 aromatic heterocycles. The Balaban J connectivity index is 2.55. The van der Waals surface area contributed by atoms with Gasteiger partial charge in [-0.05, 0) is 26.5 Å². The molecule has 1 aromatic rings. The molecule has 0 bridgehead atoms. The van der Waals surface area contributed by atoms with Crippen LogP contribution < -0.4 is 5.32 Å². The van der Waals surface area contributed by atoms with Crippen LogP contribution in [0.3, 0.4) is 0 Å². The minimum absolute atomic E-state index is 0.0544. The van der Waals surface area contributed by atoms with Crippen LogP contribution in [0.2, 0.25) is 0 Å². The molecule has 2 N–H and O–H groups in total. The summed E-state index contributed by atoms with van der Waals surface area (Å²) in [5.74, 6) is 5.57. The van der Waals surface area contributed by atoms with Gasteiger partial charge in [-0.25, -0.2) is 0 Å². The van der Waals surface area contributed by atoms with Gasteiger partial charge in [-0.2, -0.15) is 0 Å². The van der Waals surface area contributed by atoms with Crippen LogP contribution in [-0.4, -0.2) is 41.7 Å². The summed E-state index contributed by atoms with van der Waals surface area (Å²) in [6.45, 7) is 7.81. The average Bonchev–Trinajstić information content (AvgIpc) is 2.82. The van der Waals surface area contributed by atoms with Crippen LogP contribution in [0.4, 0.5) is 0 Å². The number of hydrogen-bond donors (Lipinski definition) is 2. The van der Waals surface area contributed by atoms with Gasteiger partial charge in [0.25, 0.3) is 0 Å². The Morgan fingerprint density at radius 2 is 2.30 bits per heavy atom. The van der Waals surface area contributed by atoms with Gasteiger partial charge in [0.05, 0.1) is 6.54 Å². The Morgan fingerprint density at radius 1 is 1.55 bits per heavy atom. The van der Waals surface area contributed by atoms with Crippen molar-refractivity contribution in [2.75, 3.05) is 19.7 Å². The van der Waals surface area contributed by atoms with E-state index in [9.17, 15) is 4.79 Å². The second-order valence-corrected chi connectivity index (χ2v) is 5.78. The number of rotatable bonds is 6. The summed E-state index contributed by atoms with van der Waals surface area (Å²) in [6, 6.07) is 2.18. The van der Waals surface area contributed by atoms with Crippen LogP contribution in [0.1, 0.15) is 31.2 Å². The lowest BCUT2D eigenvalue weighted by Crippen LogP contribution is -2.39. The number of nitrogens with one attached hydrogen (secondary N) is 1. The monoisotopic (exact) mass is 294 g/mol. The first-order valence-electron chi connectivity index (χ1n) is 6.74. The molecule has 0 saturated carbocycles. The topological polar surface area (TPSA) is 52.6 Å². The molecule has 5 heteroatoms. The second-order valence-electron chi connectivity index (χ2n) is 4.79. The van der Waals surface area contributed by atoms with E-state index in [2.05, 4.69) is 22.1 Å². The van der Waals surface area contributed by atoms with Gasteiger partial charge in [-0.1, -0.05) is 18.8 Å². The lowest BCUT2D eigenvalue weighted by molar-refractivity contribution is -0.122. The molecule has 1 amide bonds. The van der Waals surface area contributed by atoms with Gasteiger partial charge < -0.3 is 10.4 Å². The third-order valence-corrected chi connectivity index (χ3v) is 3.53. The van der Waals surface area contributed by atoms with E-state index >= 15 is 0 Å². The Labute approximate surface area is 124 Å². The van der Waals surface area contributed by atoms with Crippen molar-refractivity contribution in [1.29, 1.82) is 0 Å². The van der Waals surface area contributed by atoms with Gasteiger partial charge in [0, 0.05) is 28.4 Å². The van der Waals surface area contributed by atoms with Crippen LogP contribution >= 0.6 is 11.3 Å². The van der Waals surface area contributed by atoms with E-state index in [4.69, 9.17) is 5.11 Å². The number of carbonyl (C=O) groups is 1. The van der Waals surface area contributed by atoms with Crippen molar-refractivity contribution in [2.45, 2.75) is 33.4 Å². The largest absolute Gasteiger partial charge is 0.384 e. The van der Waals surface area contributed by atoms with Crippen molar-refractivity contribution in [3.05, 3.63) is 21.9 Å². The zero-order chi connectivity index (χ0) is 15.0. The number of hydrogen-bond acceptors (Lipinski definition) is 4. The molecule has 4 nitrogen and oxygen atoms in total. The molecular weight excluding hydrogens is 272 g/mol. The Kier molecular flexibility index (Phi) is 7.31. The average molecular weight is 294 g/mol. The first kappa shape index (κ1) is 16.7. The molecule has 0 saturated heterocycles. The molecular formula is C15H22N2O2S. The van der Waals surface area contributed by atoms with Crippen LogP contribution in [0.25, 0.3) is 0 Å². The van der Waals surface area contributed by atoms with Crippen molar-refractivity contribution in [1.82, 2.24) is 10.2 Å². The predicted molar refractivity (Wildman–Crippen MR) is 82.5 cm³/mol. The number of aliphatic hydroxyl groups is 1. The quantitative estimate of drug-likeness (QED) is 0.781. The third kappa shape index (κ3) is 6.20. The summed E-state index contributed by atoms with van der Waals surface area (Å²) in [6.07, 6.45) is 0. The van der Waals surface area contributed by atoms with Crippen molar-refractivity contribution in [3.8, 4) is 11.8 Å². The highest BCUT2D eigenvalue weighted by atomic mass is 32.1. The maximum atomic E-state index is 11.8. The van der Waals surface area contributed by atoms with Crippen molar-refractivity contribution < 1.29 is 9.90 Å². The summed E-state index contributed by atoms with van der Waals surface area (Å²) in [5, 5.41) is 13.5. The van der Waals surface area contributed by atoms with Gasteiger partial charge >= 0.3 is 0 Å². The zero-order valence-electron chi connectivity index (χ0n) is 12.3. The standard InChI is InChI=1S/C15H22N2O2S/c1-4-17(10-15(19)16-12(2)3)9-14-8-13(11-20-14)6-5-7-18/h8,11-12,18H,4,7,9-10H2,1-3H3,(H,16,19). The van der Waals surface area contributed by atoms with Crippen LogP contribution in [0, 0.1) is 11.8 Å². The summed E-state index contributed by atoms with van der Waals surface area (Å²) in [7, 11) is 0. The molecule has 0 spiro atoms. The molecule has 110 valence electrons. The third-order valence-electron chi connectivity index (χ3n) is 2.61. The fraction of sp³-hybridized carbons (Fsp3) is 0.533. The predicted octanol–water partition coefficient (Wildman–Crippen LogP) is 1.44. The summed E-state index contributed by atoms with van der Waals surface area (Å²) < 4.78 is 0. The zero-order valence-corrected chi connectivity index (χ0v) is 13.1. The first-order valence-corrected chi connectivity index (χ1v) is 7.62. The minimum atomic E-state index is -0.123. The highest BCUT2D eigenvalue weighted by Gasteiger charge is 2.11. The van der Waals surface area contributed by atoms with Crippen LogP contribution in [0.5, 0.6) is 0 Å². The van der Waals surface area contributed by atoms with Crippen molar-refractivity contribution in [3.63, 3.8) is 0 Å². The van der Waals surface area contributed by atoms with Gasteiger partial charge in [0.2, 0.25) is 5.91 Å². The summed E-state index contributed by atoms with van der Waals surface area (Å²) >= 11 is 1.63. The first-order chi connectivity index (χ1) is 9.55. The molecule has 1 heterocycles. The normalized spacial score (nSPS) is 10.5. The number of thiophene rings is 1. The Morgan fingerprint density at radius 3 is 2.90 bits per heavy atom. The van der Waals surface area contributed by atoms with Crippen molar-refractivity contribution >= 4 is 17.2 Å². The molecule has 0 aliphatic heterocycles. The highest BCUT2D eigenvalue weighted by Crippen LogP contribution is 2.16. The molecule has 20 heavy (non-hydrogen) atoms. The molecule has 0 aliphatic rings. The number of nitrogens with zero attached hydrogens (tertiary/aromatic N) is 1. The second kappa shape index (κ2) is 8.75. The van der Waals surface area contributed by atoms with E-state index in [0.29, 0.717) is 6.54 Å². The molecule has 0 atom stereocenters. The fourth-order valence-corrected chi connectivity index (χ4v) is 2.60. The van der Waals surface area contributed by atoms with Gasteiger partial charge in [-0.15, -0.1) is 11.3 Å². The number of aliphatic hydroxyl groups excluding tert-OH is 1. The lowest BCUT2D eigenvalue weighted by atomic mass is 10.3. The van der Waals surface area contributed by atoms with E-state index in [1.807, 2.05) is 32.2 Å². The molecule has 0 fully saturated rings. The summed E-state index contributed by atoms with van der Waals surface area (Å²) in [4.78, 5) is 15.0. The highest BCUT2D eigenvalue weighted by molar-refractivity contribution is 7.10. The summed E-state index contributed by atoms with van der Waals surface area (Å²) in [5.41, 5.74) is 0.918. The van der Waals surface area contributed by atoms with E-state index in [0.717, 1.165) is 18.7 Å². The SMILES string of the molecule is CCN(CC(=O)NC(C)C)Cc1cc(C#CCO)cs1. The van der Waals surface area contributed by atoms with Gasteiger partial charge in [-0.3, -0.25) is 9.69 Å².